The van der Waals surface area contributed by atoms with Crippen LogP contribution < -0.4 is 5.73 Å². The quantitative estimate of drug-likeness (QED) is 0.693. The van der Waals surface area contributed by atoms with Crippen LogP contribution in [0.4, 0.5) is 0 Å². The third-order valence-electron chi connectivity index (χ3n) is 4.97. The molecule has 2 aliphatic rings. The number of likely N-dealkylation sites (N-methyl/N-ethyl adjacent to an activating group) is 1. The molecular formula is C16H30N4O3. The van der Waals surface area contributed by atoms with Crippen molar-refractivity contribution in [2.24, 2.45) is 5.73 Å². The Morgan fingerprint density at radius 2 is 1.74 bits per heavy atom. The summed E-state index contributed by atoms with van der Waals surface area (Å²) in [6.07, 6.45) is 2.39. The normalized spacial score (nSPS) is 27.7. The fourth-order valence-electron chi connectivity index (χ4n) is 3.40. The number of aliphatic hydroxyl groups is 1. The lowest BCUT2D eigenvalue weighted by atomic mass is 9.94. The minimum Gasteiger partial charge on any atom is -0.388 e. The lowest BCUT2D eigenvalue weighted by Gasteiger charge is -2.38. The molecule has 2 saturated heterocycles. The van der Waals surface area contributed by atoms with Gasteiger partial charge in [0.1, 0.15) is 0 Å². The highest BCUT2D eigenvalue weighted by atomic mass is 16.3. The lowest BCUT2D eigenvalue weighted by molar-refractivity contribution is -0.133. The molecular weight excluding hydrogens is 296 g/mol. The molecule has 7 heteroatoms. The van der Waals surface area contributed by atoms with E-state index >= 15 is 0 Å². The lowest BCUT2D eigenvalue weighted by Crippen LogP contribution is -2.51. The Bertz CT molecular complexity index is 424. The van der Waals surface area contributed by atoms with Gasteiger partial charge in [-0.15, -0.1) is 0 Å². The van der Waals surface area contributed by atoms with Crippen LogP contribution >= 0.6 is 0 Å². The fraction of sp³-hybridized carbons (Fsp3) is 0.875. The fourth-order valence-corrected chi connectivity index (χ4v) is 3.40. The van der Waals surface area contributed by atoms with Crippen molar-refractivity contribution in [1.82, 2.24) is 14.7 Å². The molecule has 2 heterocycles. The molecule has 0 unspecified atom stereocenters. The summed E-state index contributed by atoms with van der Waals surface area (Å²) in [4.78, 5) is 29.3. The number of β-amino-alcohol motifs (C(OH)–C–C–N with tert-alkyl or cyclic N) is 1. The Morgan fingerprint density at radius 1 is 1.04 bits per heavy atom. The monoisotopic (exact) mass is 326 g/mol. The molecule has 3 N–H and O–H groups in total. The van der Waals surface area contributed by atoms with Gasteiger partial charge in [0.25, 0.3) is 0 Å². The Morgan fingerprint density at radius 3 is 2.39 bits per heavy atom. The van der Waals surface area contributed by atoms with E-state index in [1.807, 2.05) is 0 Å². The van der Waals surface area contributed by atoms with Crippen molar-refractivity contribution in [3.63, 3.8) is 0 Å². The van der Waals surface area contributed by atoms with Crippen LogP contribution in [-0.4, -0.2) is 90.1 Å². The second-order valence-corrected chi connectivity index (χ2v) is 7.00. The first-order valence-electron chi connectivity index (χ1n) is 8.57. The molecule has 2 amide bonds. The summed E-state index contributed by atoms with van der Waals surface area (Å²) >= 11 is 0. The zero-order valence-corrected chi connectivity index (χ0v) is 14.2. The number of piperazine rings is 1. The van der Waals surface area contributed by atoms with E-state index < -0.39 is 11.5 Å². The molecule has 132 valence electrons. The number of nitrogens with two attached hydrogens (primary N) is 1. The molecule has 2 aliphatic heterocycles. The number of carbonyl (C=O) groups excluding carboxylic acids is 2. The SMILES string of the molecule is CN1CCN(C[C@]2(O)CCCN(C(=O)CCC(N)=O)CC2)CC1. The molecule has 2 fully saturated rings. The Hall–Kier alpha value is -1.18. The van der Waals surface area contributed by atoms with Gasteiger partial charge in [-0.05, 0) is 26.3 Å². The summed E-state index contributed by atoms with van der Waals surface area (Å²) in [7, 11) is 2.12. The van der Waals surface area contributed by atoms with Gasteiger partial charge in [-0.2, -0.15) is 0 Å². The number of carbonyl (C=O) groups is 2. The minimum atomic E-state index is -0.714. The zero-order chi connectivity index (χ0) is 16.9. The van der Waals surface area contributed by atoms with Crippen LogP contribution in [-0.2, 0) is 9.59 Å². The third-order valence-corrected chi connectivity index (χ3v) is 4.97. The smallest absolute Gasteiger partial charge is 0.223 e. The van der Waals surface area contributed by atoms with E-state index in [0.717, 1.165) is 39.0 Å². The summed E-state index contributed by atoms with van der Waals surface area (Å²) in [5, 5.41) is 10.9. The predicted molar refractivity (Wildman–Crippen MR) is 87.7 cm³/mol. The van der Waals surface area contributed by atoms with Crippen molar-refractivity contribution in [2.75, 3.05) is 52.9 Å². The minimum absolute atomic E-state index is 0.0346. The maximum Gasteiger partial charge on any atom is 0.223 e. The molecule has 0 aliphatic carbocycles. The van der Waals surface area contributed by atoms with E-state index in [1.54, 1.807) is 4.90 Å². The van der Waals surface area contributed by atoms with Crippen LogP contribution in [0.2, 0.25) is 0 Å². The number of amides is 2. The number of hydrogen-bond acceptors (Lipinski definition) is 5. The van der Waals surface area contributed by atoms with Gasteiger partial charge >= 0.3 is 0 Å². The highest BCUT2D eigenvalue weighted by Crippen LogP contribution is 2.24. The Kier molecular flexibility index (Phi) is 6.38. The molecule has 7 nitrogen and oxygen atoms in total. The molecule has 0 radical (unpaired) electrons. The van der Waals surface area contributed by atoms with Crippen molar-refractivity contribution >= 4 is 11.8 Å². The zero-order valence-electron chi connectivity index (χ0n) is 14.2. The van der Waals surface area contributed by atoms with Gasteiger partial charge in [0.2, 0.25) is 11.8 Å². The second-order valence-electron chi connectivity index (χ2n) is 7.00. The standard InChI is InChI=1S/C16H30N4O3/c1-18-9-11-19(12-10-18)13-16(23)5-2-7-20(8-6-16)15(22)4-3-14(17)21/h23H,2-13H2,1H3,(H2,17,21)/t16-/m0/s1. The summed E-state index contributed by atoms with van der Waals surface area (Å²) in [6, 6.07) is 0. The van der Waals surface area contributed by atoms with Crippen LogP contribution in [0.5, 0.6) is 0 Å². The molecule has 0 spiro atoms. The molecule has 0 aromatic carbocycles. The number of nitrogens with zero attached hydrogens (tertiary/aromatic N) is 3. The van der Waals surface area contributed by atoms with Crippen molar-refractivity contribution in [2.45, 2.75) is 37.7 Å². The van der Waals surface area contributed by atoms with Crippen molar-refractivity contribution in [1.29, 1.82) is 0 Å². The van der Waals surface area contributed by atoms with E-state index in [-0.39, 0.29) is 18.7 Å². The van der Waals surface area contributed by atoms with Gasteiger partial charge in [-0.3, -0.25) is 14.5 Å². The van der Waals surface area contributed by atoms with E-state index in [4.69, 9.17) is 5.73 Å². The van der Waals surface area contributed by atoms with Crippen LogP contribution in [0.1, 0.15) is 32.1 Å². The van der Waals surface area contributed by atoms with Crippen molar-refractivity contribution < 1.29 is 14.7 Å². The predicted octanol–water partition coefficient (Wildman–Crippen LogP) is -0.757. The second kappa shape index (κ2) is 8.08. The molecule has 2 rings (SSSR count). The van der Waals surface area contributed by atoms with Crippen molar-refractivity contribution in [3.05, 3.63) is 0 Å². The number of likely N-dealkylation sites (tertiary alicyclic amines) is 1. The average molecular weight is 326 g/mol. The first-order chi connectivity index (χ1) is 10.9. The Balaban J connectivity index is 1.82. The summed E-state index contributed by atoms with van der Waals surface area (Å²) in [6.45, 7) is 5.94. The van der Waals surface area contributed by atoms with Gasteiger partial charge < -0.3 is 20.6 Å². The number of primary amides is 1. The first kappa shape index (κ1) is 18.2. The van der Waals surface area contributed by atoms with E-state index in [0.29, 0.717) is 26.1 Å². The highest BCUT2D eigenvalue weighted by molar-refractivity contribution is 5.82. The van der Waals surface area contributed by atoms with Crippen LogP contribution in [0, 0.1) is 0 Å². The molecule has 0 aromatic heterocycles. The van der Waals surface area contributed by atoms with Gasteiger partial charge in [0.15, 0.2) is 0 Å². The molecule has 0 bridgehead atoms. The Labute approximate surface area is 138 Å². The first-order valence-corrected chi connectivity index (χ1v) is 8.57. The van der Waals surface area contributed by atoms with Gasteiger partial charge in [-0.1, -0.05) is 0 Å². The number of hydrogen-bond donors (Lipinski definition) is 2. The molecule has 0 saturated carbocycles. The summed E-state index contributed by atoms with van der Waals surface area (Å²) in [5.74, 6) is -0.479. The van der Waals surface area contributed by atoms with Gasteiger partial charge in [-0.25, -0.2) is 0 Å². The highest BCUT2D eigenvalue weighted by Gasteiger charge is 2.33. The molecule has 23 heavy (non-hydrogen) atoms. The topological polar surface area (TPSA) is 90.1 Å². The summed E-state index contributed by atoms with van der Waals surface area (Å²) < 4.78 is 0. The largest absolute Gasteiger partial charge is 0.388 e. The molecule has 0 aromatic rings. The number of rotatable bonds is 5. The third kappa shape index (κ3) is 5.75. The van der Waals surface area contributed by atoms with Gasteiger partial charge in [0.05, 0.1) is 5.60 Å². The summed E-state index contributed by atoms with van der Waals surface area (Å²) in [5.41, 5.74) is 4.39. The van der Waals surface area contributed by atoms with Crippen LogP contribution in [0.15, 0.2) is 0 Å². The van der Waals surface area contributed by atoms with Gasteiger partial charge in [0, 0.05) is 58.7 Å². The van der Waals surface area contributed by atoms with Crippen LogP contribution in [0.3, 0.4) is 0 Å². The van der Waals surface area contributed by atoms with E-state index in [9.17, 15) is 14.7 Å². The van der Waals surface area contributed by atoms with E-state index in [1.165, 1.54) is 0 Å². The average Bonchev–Trinajstić information content (AvgIpc) is 2.69. The van der Waals surface area contributed by atoms with E-state index in [2.05, 4.69) is 16.8 Å². The molecule has 1 atom stereocenters. The maximum atomic E-state index is 12.1. The van der Waals surface area contributed by atoms with Crippen LogP contribution in [0.25, 0.3) is 0 Å². The maximum absolute atomic E-state index is 12.1. The van der Waals surface area contributed by atoms with Crippen molar-refractivity contribution in [3.8, 4) is 0 Å².